The summed E-state index contributed by atoms with van der Waals surface area (Å²) in [6.45, 7) is 1.82. The summed E-state index contributed by atoms with van der Waals surface area (Å²) >= 11 is 0. The number of rotatable bonds is 4. The molecule has 0 aromatic rings. The zero-order valence-corrected chi connectivity index (χ0v) is 8.77. The Kier molecular flexibility index (Phi) is 4.08. The van der Waals surface area contributed by atoms with Crippen molar-refractivity contribution in [3.8, 4) is 0 Å². The molecule has 0 spiro atoms. The van der Waals surface area contributed by atoms with E-state index in [-0.39, 0.29) is 24.3 Å². The molecule has 0 aromatic carbocycles. The SMILES string of the molecule is C[C@H](O)CNC(=O)[C@@H]1CC[C@H](C(=O)O)C1. The number of carboxylic acids is 1. The molecule has 1 aliphatic carbocycles. The quantitative estimate of drug-likeness (QED) is 0.615. The summed E-state index contributed by atoms with van der Waals surface area (Å²) in [6.07, 6.45) is 1.05. The van der Waals surface area contributed by atoms with Crippen molar-refractivity contribution in [3.05, 3.63) is 0 Å². The van der Waals surface area contributed by atoms with Gasteiger partial charge in [-0.2, -0.15) is 0 Å². The fraction of sp³-hybridized carbons (Fsp3) is 0.800. The summed E-state index contributed by atoms with van der Waals surface area (Å²) < 4.78 is 0. The fourth-order valence-electron chi connectivity index (χ4n) is 1.84. The maximum Gasteiger partial charge on any atom is 0.306 e. The van der Waals surface area contributed by atoms with E-state index in [4.69, 9.17) is 10.2 Å². The molecule has 1 amide bonds. The number of carbonyl (C=O) groups excluding carboxylic acids is 1. The zero-order valence-electron chi connectivity index (χ0n) is 8.77. The van der Waals surface area contributed by atoms with Crippen LogP contribution in [0.2, 0.25) is 0 Å². The molecule has 0 aliphatic heterocycles. The molecule has 3 atom stereocenters. The minimum Gasteiger partial charge on any atom is -0.481 e. The number of carboxylic acid groups (broad SMARTS) is 1. The molecule has 86 valence electrons. The number of nitrogens with one attached hydrogen (secondary N) is 1. The molecule has 1 rings (SSSR count). The van der Waals surface area contributed by atoms with Gasteiger partial charge >= 0.3 is 5.97 Å². The average molecular weight is 215 g/mol. The summed E-state index contributed by atoms with van der Waals surface area (Å²) in [5, 5.41) is 20.3. The van der Waals surface area contributed by atoms with Crippen LogP contribution in [0.1, 0.15) is 26.2 Å². The molecule has 1 fully saturated rings. The Morgan fingerprint density at radius 2 is 2.00 bits per heavy atom. The van der Waals surface area contributed by atoms with E-state index in [0.717, 1.165) is 0 Å². The van der Waals surface area contributed by atoms with Crippen molar-refractivity contribution in [1.29, 1.82) is 0 Å². The topological polar surface area (TPSA) is 86.6 Å². The molecule has 5 nitrogen and oxygen atoms in total. The minimum absolute atomic E-state index is 0.139. The molecule has 0 heterocycles. The largest absolute Gasteiger partial charge is 0.481 e. The molecule has 1 aliphatic rings. The van der Waals surface area contributed by atoms with Crippen molar-refractivity contribution in [2.75, 3.05) is 6.54 Å². The van der Waals surface area contributed by atoms with Gasteiger partial charge in [-0.25, -0.2) is 0 Å². The van der Waals surface area contributed by atoms with Crippen LogP contribution >= 0.6 is 0 Å². The molecule has 15 heavy (non-hydrogen) atoms. The molecule has 0 aromatic heterocycles. The van der Waals surface area contributed by atoms with Gasteiger partial charge in [0.1, 0.15) is 0 Å². The summed E-state index contributed by atoms with van der Waals surface area (Å²) in [7, 11) is 0. The van der Waals surface area contributed by atoms with E-state index in [0.29, 0.717) is 19.3 Å². The fourth-order valence-corrected chi connectivity index (χ4v) is 1.84. The lowest BCUT2D eigenvalue weighted by Crippen LogP contribution is -2.34. The van der Waals surface area contributed by atoms with Crippen LogP contribution in [0.3, 0.4) is 0 Å². The van der Waals surface area contributed by atoms with Crippen molar-refractivity contribution in [3.63, 3.8) is 0 Å². The van der Waals surface area contributed by atoms with Gasteiger partial charge in [0.05, 0.1) is 12.0 Å². The van der Waals surface area contributed by atoms with Gasteiger partial charge in [-0.05, 0) is 26.2 Å². The van der Waals surface area contributed by atoms with Gasteiger partial charge in [0.25, 0.3) is 0 Å². The van der Waals surface area contributed by atoms with Gasteiger partial charge in [0.15, 0.2) is 0 Å². The molecule has 1 saturated carbocycles. The number of hydrogen-bond acceptors (Lipinski definition) is 3. The highest BCUT2D eigenvalue weighted by Gasteiger charge is 2.33. The minimum atomic E-state index is -0.819. The lowest BCUT2D eigenvalue weighted by molar-refractivity contribution is -0.141. The molecular weight excluding hydrogens is 198 g/mol. The van der Waals surface area contributed by atoms with Crippen molar-refractivity contribution in [1.82, 2.24) is 5.32 Å². The standard InChI is InChI=1S/C10H17NO4/c1-6(12)5-11-9(13)7-2-3-8(4-7)10(14)15/h6-8,12H,2-5H2,1H3,(H,11,13)(H,14,15)/t6-,7+,8-/m0/s1. The molecule has 3 N–H and O–H groups in total. The van der Waals surface area contributed by atoms with Crippen molar-refractivity contribution < 1.29 is 19.8 Å². The van der Waals surface area contributed by atoms with Crippen LogP contribution in [0.5, 0.6) is 0 Å². The van der Waals surface area contributed by atoms with Crippen LogP contribution in [-0.2, 0) is 9.59 Å². The number of aliphatic hydroxyl groups excluding tert-OH is 1. The van der Waals surface area contributed by atoms with Crippen LogP contribution in [0.25, 0.3) is 0 Å². The van der Waals surface area contributed by atoms with Crippen molar-refractivity contribution in [2.45, 2.75) is 32.3 Å². The first kappa shape index (κ1) is 12.0. The molecule has 5 heteroatoms. The maximum atomic E-state index is 11.5. The van der Waals surface area contributed by atoms with E-state index in [2.05, 4.69) is 5.32 Å². The third kappa shape index (κ3) is 3.51. The Bertz CT molecular complexity index is 252. The second-order valence-electron chi connectivity index (χ2n) is 4.14. The summed E-state index contributed by atoms with van der Waals surface area (Å²) in [5.41, 5.74) is 0. The van der Waals surface area contributed by atoms with Crippen LogP contribution in [0.15, 0.2) is 0 Å². The first-order valence-electron chi connectivity index (χ1n) is 5.19. The second kappa shape index (κ2) is 5.11. The maximum absolute atomic E-state index is 11.5. The Hall–Kier alpha value is -1.10. The Labute approximate surface area is 88.5 Å². The molecule has 0 unspecified atom stereocenters. The number of aliphatic hydroxyl groups is 1. The third-order valence-electron chi connectivity index (χ3n) is 2.72. The van der Waals surface area contributed by atoms with E-state index in [1.54, 1.807) is 6.92 Å². The number of carbonyl (C=O) groups is 2. The highest BCUT2D eigenvalue weighted by atomic mass is 16.4. The lowest BCUT2D eigenvalue weighted by Gasteiger charge is -2.11. The first-order chi connectivity index (χ1) is 7.00. The van der Waals surface area contributed by atoms with Crippen LogP contribution in [-0.4, -0.2) is 34.7 Å². The Morgan fingerprint density at radius 1 is 1.40 bits per heavy atom. The normalized spacial score (nSPS) is 27.3. The van der Waals surface area contributed by atoms with Gasteiger partial charge < -0.3 is 15.5 Å². The summed E-state index contributed by atoms with van der Waals surface area (Å²) in [5.74, 6) is -1.54. The zero-order chi connectivity index (χ0) is 11.4. The van der Waals surface area contributed by atoms with Gasteiger partial charge in [0.2, 0.25) is 5.91 Å². The third-order valence-corrected chi connectivity index (χ3v) is 2.72. The molecular formula is C10H17NO4. The molecule has 0 saturated heterocycles. The highest BCUT2D eigenvalue weighted by Crippen LogP contribution is 2.30. The monoisotopic (exact) mass is 215 g/mol. The highest BCUT2D eigenvalue weighted by molar-refractivity contribution is 5.80. The second-order valence-corrected chi connectivity index (χ2v) is 4.14. The number of aliphatic carboxylic acids is 1. The lowest BCUT2D eigenvalue weighted by atomic mass is 10.0. The molecule has 0 radical (unpaired) electrons. The first-order valence-corrected chi connectivity index (χ1v) is 5.19. The van der Waals surface area contributed by atoms with Gasteiger partial charge in [-0.1, -0.05) is 0 Å². The van der Waals surface area contributed by atoms with Gasteiger partial charge in [0, 0.05) is 12.5 Å². The van der Waals surface area contributed by atoms with Crippen LogP contribution in [0.4, 0.5) is 0 Å². The van der Waals surface area contributed by atoms with E-state index in [1.165, 1.54) is 0 Å². The summed E-state index contributed by atoms with van der Waals surface area (Å²) in [6, 6.07) is 0. The van der Waals surface area contributed by atoms with E-state index < -0.39 is 12.1 Å². The predicted molar refractivity (Wildman–Crippen MR) is 53.2 cm³/mol. The van der Waals surface area contributed by atoms with Crippen molar-refractivity contribution >= 4 is 11.9 Å². The number of amides is 1. The van der Waals surface area contributed by atoms with Crippen molar-refractivity contribution in [2.24, 2.45) is 11.8 Å². The number of hydrogen-bond donors (Lipinski definition) is 3. The van der Waals surface area contributed by atoms with Crippen LogP contribution < -0.4 is 5.32 Å². The van der Waals surface area contributed by atoms with Gasteiger partial charge in [-0.15, -0.1) is 0 Å². The Morgan fingerprint density at radius 3 is 2.47 bits per heavy atom. The Balaban J connectivity index is 2.33. The predicted octanol–water partition coefficient (Wildman–Crippen LogP) is -0.0157. The van der Waals surface area contributed by atoms with Gasteiger partial charge in [-0.3, -0.25) is 9.59 Å². The summed E-state index contributed by atoms with van der Waals surface area (Å²) in [4.78, 5) is 22.2. The van der Waals surface area contributed by atoms with Crippen LogP contribution in [0, 0.1) is 11.8 Å². The van der Waals surface area contributed by atoms with E-state index in [9.17, 15) is 9.59 Å². The van der Waals surface area contributed by atoms with E-state index >= 15 is 0 Å². The average Bonchev–Trinajstić information content (AvgIpc) is 2.62. The smallest absolute Gasteiger partial charge is 0.306 e. The molecule has 0 bridgehead atoms. The van der Waals surface area contributed by atoms with E-state index in [1.807, 2.05) is 0 Å².